The fourth-order valence-corrected chi connectivity index (χ4v) is 8.08. The Balaban J connectivity index is 1.06. The van der Waals surface area contributed by atoms with E-state index in [1.54, 1.807) is 6.20 Å². The highest BCUT2D eigenvalue weighted by Gasteiger charge is 2.30. The molecular formula is C50H38N4O. The summed E-state index contributed by atoms with van der Waals surface area (Å²) < 4.78 is 6.35. The van der Waals surface area contributed by atoms with Crippen molar-refractivity contribution in [1.82, 2.24) is 20.3 Å². The van der Waals surface area contributed by atoms with Gasteiger partial charge in [0.15, 0.2) is 0 Å². The largest absolute Gasteiger partial charge is 0.485 e. The number of pyridine rings is 3. The van der Waals surface area contributed by atoms with Gasteiger partial charge in [-0.3, -0.25) is 15.0 Å². The zero-order chi connectivity index (χ0) is 36.6. The number of nitrogens with zero attached hydrogens (tertiary/aromatic N) is 3. The maximum atomic E-state index is 6.35. The van der Waals surface area contributed by atoms with Gasteiger partial charge in [-0.25, -0.2) is 0 Å². The van der Waals surface area contributed by atoms with Crippen molar-refractivity contribution in [2.24, 2.45) is 0 Å². The van der Waals surface area contributed by atoms with E-state index < -0.39 is 0 Å². The molecule has 0 radical (unpaired) electrons. The van der Waals surface area contributed by atoms with Crippen LogP contribution in [0.4, 0.5) is 0 Å². The summed E-state index contributed by atoms with van der Waals surface area (Å²) in [7, 11) is 0. The molecule has 5 heteroatoms. The second-order valence-electron chi connectivity index (χ2n) is 14.4. The molecule has 0 fully saturated rings. The Labute approximate surface area is 321 Å². The van der Waals surface area contributed by atoms with E-state index in [0.29, 0.717) is 0 Å². The van der Waals surface area contributed by atoms with Gasteiger partial charge in [0.2, 0.25) is 0 Å². The summed E-state index contributed by atoms with van der Waals surface area (Å²) in [6.45, 7) is 0.801. The molecule has 0 saturated carbocycles. The molecule has 264 valence electrons. The minimum absolute atomic E-state index is 0.0609. The number of hydrogen-bond acceptors (Lipinski definition) is 5. The van der Waals surface area contributed by atoms with E-state index in [1.165, 1.54) is 50.1 Å². The molecule has 1 N–H and O–H groups in total. The summed E-state index contributed by atoms with van der Waals surface area (Å²) in [4.78, 5) is 13.6. The van der Waals surface area contributed by atoms with Gasteiger partial charge in [-0.05, 0) is 135 Å². The predicted octanol–water partition coefficient (Wildman–Crippen LogP) is 11.3. The summed E-state index contributed by atoms with van der Waals surface area (Å²) in [5.41, 5.74) is 18.8. The molecular weight excluding hydrogens is 673 g/mol. The number of fused-ring (bicyclic) bond motifs is 3. The van der Waals surface area contributed by atoms with Crippen LogP contribution in [0, 0.1) is 0 Å². The Morgan fingerprint density at radius 3 is 2.15 bits per heavy atom. The number of ether oxygens (including phenoxy) is 1. The van der Waals surface area contributed by atoms with Crippen LogP contribution in [0.5, 0.6) is 5.75 Å². The molecule has 1 unspecified atom stereocenters. The summed E-state index contributed by atoms with van der Waals surface area (Å²) in [6, 6.07) is 32.8. The van der Waals surface area contributed by atoms with Crippen LogP contribution in [0.3, 0.4) is 0 Å². The first-order chi connectivity index (χ1) is 27.2. The van der Waals surface area contributed by atoms with E-state index in [1.807, 2.05) is 43.3 Å². The highest BCUT2D eigenvalue weighted by atomic mass is 16.5. The topological polar surface area (TPSA) is 59.9 Å². The van der Waals surface area contributed by atoms with Crippen LogP contribution in [0.1, 0.15) is 47.1 Å². The lowest BCUT2D eigenvalue weighted by molar-refractivity contribution is 0.279. The normalized spacial score (nSPS) is 17.0. The van der Waals surface area contributed by atoms with E-state index in [0.717, 1.165) is 70.5 Å². The summed E-state index contributed by atoms with van der Waals surface area (Å²) in [6.07, 6.45) is 29.9. The van der Waals surface area contributed by atoms with Crippen LogP contribution in [-0.4, -0.2) is 27.6 Å². The lowest BCUT2D eigenvalue weighted by Gasteiger charge is -2.20. The predicted molar refractivity (Wildman–Crippen MR) is 224 cm³/mol. The zero-order valence-electron chi connectivity index (χ0n) is 30.3. The standard InChI is InChI=1S/C50H38N4O/c1-2-14-49-47(13-1)48-26-37(15-16-50(48)55-49)42-22-40(33-7-3-9-35(19-33)43-24-45(31-53-29-43)38-11-5-17-51-27-38)21-41(23-42)34-8-4-10-36(20-34)44-25-46(32-54-30-44)39-12-6-18-52-28-39/h1-3,5-7,9-15,17-27,29-32,50,52H,4,8,16,28H2. The molecule has 1 atom stereocenters. The van der Waals surface area contributed by atoms with Gasteiger partial charge in [0.05, 0.1) is 0 Å². The first kappa shape index (κ1) is 32.8. The van der Waals surface area contributed by atoms with Crippen LogP contribution >= 0.6 is 0 Å². The van der Waals surface area contributed by atoms with Crippen molar-refractivity contribution in [3.8, 4) is 39.1 Å². The number of allylic oxidation sites excluding steroid dienone is 8. The lowest BCUT2D eigenvalue weighted by atomic mass is 9.85. The molecule has 4 aliphatic rings. The van der Waals surface area contributed by atoms with Gasteiger partial charge in [-0.2, -0.15) is 0 Å². The Morgan fingerprint density at radius 1 is 0.564 bits per heavy atom. The van der Waals surface area contributed by atoms with Crippen molar-refractivity contribution in [3.63, 3.8) is 0 Å². The summed E-state index contributed by atoms with van der Waals surface area (Å²) in [5.74, 6) is 0.972. The maximum Gasteiger partial charge on any atom is 0.128 e. The molecule has 10 rings (SSSR count). The number of benzene rings is 3. The maximum absolute atomic E-state index is 6.35. The van der Waals surface area contributed by atoms with Crippen molar-refractivity contribution in [3.05, 3.63) is 199 Å². The van der Waals surface area contributed by atoms with Crippen LogP contribution < -0.4 is 10.1 Å². The first-order valence-corrected chi connectivity index (χ1v) is 19.0. The van der Waals surface area contributed by atoms with Gasteiger partial charge >= 0.3 is 0 Å². The molecule has 0 spiro atoms. The highest BCUT2D eigenvalue weighted by molar-refractivity contribution is 5.94. The molecule has 5 nitrogen and oxygen atoms in total. The Bertz CT molecular complexity index is 2660. The van der Waals surface area contributed by atoms with E-state index >= 15 is 0 Å². The van der Waals surface area contributed by atoms with Crippen LogP contribution in [0.15, 0.2) is 171 Å². The number of para-hydroxylation sites is 1. The van der Waals surface area contributed by atoms with Gasteiger partial charge < -0.3 is 10.1 Å². The monoisotopic (exact) mass is 710 g/mol. The van der Waals surface area contributed by atoms with Crippen molar-refractivity contribution < 1.29 is 4.74 Å². The average Bonchev–Trinajstić information content (AvgIpc) is 3.65. The fraction of sp³-hybridized carbons (Fsp3) is 0.100. The Kier molecular flexibility index (Phi) is 8.45. The van der Waals surface area contributed by atoms with Crippen LogP contribution in [0.2, 0.25) is 0 Å². The molecule has 55 heavy (non-hydrogen) atoms. The Morgan fingerprint density at radius 2 is 1.27 bits per heavy atom. The van der Waals surface area contributed by atoms with E-state index in [-0.39, 0.29) is 6.10 Å². The smallest absolute Gasteiger partial charge is 0.128 e. The van der Waals surface area contributed by atoms with E-state index in [9.17, 15) is 0 Å². The molecule has 0 amide bonds. The molecule has 5 heterocycles. The van der Waals surface area contributed by atoms with Gasteiger partial charge in [-0.1, -0.05) is 66.8 Å². The first-order valence-electron chi connectivity index (χ1n) is 19.0. The van der Waals surface area contributed by atoms with Crippen molar-refractivity contribution in [1.29, 1.82) is 0 Å². The molecule has 6 aromatic rings. The minimum Gasteiger partial charge on any atom is -0.485 e. The quantitative estimate of drug-likeness (QED) is 0.179. The molecule has 3 aromatic heterocycles. The van der Waals surface area contributed by atoms with Crippen molar-refractivity contribution in [2.45, 2.75) is 25.4 Å². The second kappa shape index (κ2) is 14.2. The number of dihydropyridines is 1. The van der Waals surface area contributed by atoms with Gasteiger partial charge in [0.25, 0.3) is 0 Å². The van der Waals surface area contributed by atoms with Gasteiger partial charge in [0.1, 0.15) is 11.9 Å². The molecule has 3 aromatic carbocycles. The van der Waals surface area contributed by atoms with Crippen molar-refractivity contribution >= 4 is 27.9 Å². The summed E-state index contributed by atoms with van der Waals surface area (Å²) >= 11 is 0. The highest BCUT2D eigenvalue weighted by Crippen LogP contribution is 2.44. The fourth-order valence-electron chi connectivity index (χ4n) is 8.08. The number of nitrogens with one attached hydrogen (secondary N) is 1. The van der Waals surface area contributed by atoms with Crippen LogP contribution in [0.25, 0.3) is 61.2 Å². The van der Waals surface area contributed by atoms with Gasteiger partial charge in [0, 0.05) is 83.5 Å². The second-order valence-corrected chi connectivity index (χ2v) is 14.4. The number of aromatic nitrogens is 3. The van der Waals surface area contributed by atoms with Crippen molar-refractivity contribution in [2.75, 3.05) is 6.54 Å². The third-order valence-electron chi connectivity index (χ3n) is 10.9. The Hall–Kier alpha value is -6.85. The minimum atomic E-state index is 0.0609. The lowest BCUT2D eigenvalue weighted by Crippen LogP contribution is -2.13. The van der Waals surface area contributed by atoms with E-state index in [2.05, 4.69) is 142 Å². The van der Waals surface area contributed by atoms with Gasteiger partial charge in [-0.15, -0.1) is 0 Å². The van der Waals surface area contributed by atoms with E-state index in [4.69, 9.17) is 4.74 Å². The molecule has 0 saturated heterocycles. The molecule has 2 aliphatic heterocycles. The third-order valence-corrected chi connectivity index (χ3v) is 10.9. The third kappa shape index (κ3) is 6.55. The number of rotatable bonds is 7. The van der Waals surface area contributed by atoms with Crippen LogP contribution in [-0.2, 0) is 0 Å². The molecule has 0 bridgehead atoms. The zero-order valence-corrected chi connectivity index (χ0v) is 30.3. The number of hydrogen-bond donors (Lipinski definition) is 1. The molecule has 2 aliphatic carbocycles. The summed E-state index contributed by atoms with van der Waals surface area (Å²) in [5, 5.41) is 3.33. The SMILES string of the molecule is C1=CNCC(c2cncc(C3=CCCC(c4cc(C5=CCC6Oc7ccccc7C6=C5)cc(-c5cccc(-c6cncc(-c7cccnc7)c6)c5)c4)=C3)c2)=C1. The average molecular weight is 711 g/mol.